The van der Waals surface area contributed by atoms with E-state index in [-0.39, 0.29) is 17.5 Å². The molecule has 1 amide bonds. The minimum atomic E-state index is -4.02. The molecule has 7 nitrogen and oxygen atoms in total. The van der Waals surface area contributed by atoms with E-state index in [1.54, 1.807) is 42.5 Å². The number of sulfonamides is 1. The third-order valence-corrected chi connectivity index (χ3v) is 6.59. The number of anilines is 1. The van der Waals surface area contributed by atoms with Gasteiger partial charge in [-0.25, -0.2) is 8.42 Å². The molecule has 34 heavy (non-hydrogen) atoms. The van der Waals surface area contributed by atoms with Gasteiger partial charge >= 0.3 is 0 Å². The van der Waals surface area contributed by atoms with Gasteiger partial charge in [0.05, 0.1) is 23.3 Å². The number of ether oxygens (including phenoxy) is 2. The van der Waals surface area contributed by atoms with Gasteiger partial charge in [-0.3, -0.25) is 9.10 Å². The Labute approximate surface area is 201 Å². The fourth-order valence-corrected chi connectivity index (χ4v) is 4.80. The predicted octanol–water partition coefficient (Wildman–Crippen LogP) is 4.38. The first-order chi connectivity index (χ1) is 16.3. The Kier molecular flexibility index (Phi) is 8.54. The number of carbonyl (C=O) groups is 1. The summed E-state index contributed by atoms with van der Waals surface area (Å²) in [6.07, 6.45) is 0.0343. The summed E-state index contributed by atoms with van der Waals surface area (Å²) < 4.78 is 39.5. The Bertz CT molecular complexity index is 1200. The fourth-order valence-electron chi connectivity index (χ4n) is 3.35. The van der Waals surface area contributed by atoms with Crippen molar-refractivity contribution < 1.29 is 22.7 Å². The minimum Gasteiger partial charge on any atom is -0.492 e. The van der Waals surface area contributed by atoms with Crippen LogP contribution in [-0.2, 0) is 21.4 Å². The molecule has 0 unspecified atom stereocenters. The smallest absolute Gasteiger partial charge is 0.264 e. The number of nitrogens with zero attached hydrogens (tertiary/aromatic N) is 1. The van der Waals surface area contributed by atoms with Crippen molar-refractivity contribution in [2.45, 2.75) is 38.3 Å². The lowest BCUT2D eigenvalue weighted by Gasteiger charge is -2.26. The van der Waals surface area contributed by atoms with Gasteiger partial charge < -0.3 is 14.8 Å². The third-order valence-electron chi connectivity index (χ3n) is 4.81. The van der Waals surface area contributed by atoms with Crippen molar-refractivity contribution in [2.75, 3.05) is 17.5 Å². The highest BCUT2D eigenvalue weighted by molar-refractivity contribution is 7.92. The van der Waals surface area contributed by atoms with Crippen LogP contribution in [0.3, 0.4) is 0 Å². The quantitative estimate of drug-likeness (QED) is 0.438. The topological polar surface area (TPSA) is 84.9 Å². The van der Waals surface area contributed by atoms with Crippen molar-refractivity contribution in [1.29, 1.82) is 0 Å². The molecule has 8 heteroatoms. The van der Waals surface area contributed by atoms with Gasteiger partial charge in [0.15, 0.2) is 0 Å². The summed E-state index contributed by atoms with van der Waals surface area (Å²) in [5, 5.41) is 2.81. The number of para-hydroxylation sites is 2. The van der Waals surface area contributed by atoms with Crippen molar-refractivity contribution in [2.24, 2.45) is 0 Å². The Balaban J connectivity index is 1.84. The molecule has 0 heterocycles. The van der Waals surface area contributed by atoms with Crippen LogP contribution in [0.15, 0.2) is 83.8 Å². The van der Waals surface area contributed by atoms with Gasteiger partial charge in [0, 0.05) is 6.54 Å². The molecule has 3 aromatic carbocycles. The molecule has 0 aliphatic rings. The van der Waals surface area contributed by atoms with E-state index in [2.05, 4.69) is 5.32 Å². The molecule has 180 valence electrons. The van der Waals surface area contributed by atoms with Crippen molar-refractivity contribution >= 4 is 21.6 Å². The standard InChI is InChI=1S/C26H30N2O5S/c1-4-32-25-16-9-8-15-24(25)28(34(30,31)23-13-6-5-7-14-23)19-26(29)27-18-21-11-10-12-22(17-21)33-20(2)3/h5-17,20H,4,18-19H2,1-3H3,(H,27,29). The first-order valence-corrected chi connectivity index (χ1v) is 12.6. The molecule has 0 aromatic heterocycles. The molecule has 0 aliphatic carbocycles. The van der Waals surface area contributed by atoms with Crippen LogP contribution in [0.2, 0.25) is 0 Å². The van der Waals surface area contributed by atoms with Crippen molar-refractivity contribution in [3.8, 4) is 11.5 Å². The zero-order valence-electron chi connectivity index (χ0n) is 19.6. The molecular weight excluding hydrogens is 452 g/mol. The van der Waals surface area contributed by atoms with Crippen LogP contribution in [0.4, 0.5) is 5.69 Å². The first kappa shape index (κ1) is 25.1. The van der Waals surface area contributed by atoms with E-state index in [1.165, 1.54) is 12.1 Å². The Morgan fingerprint density at radius 3 is 2.38 bits per heavy atom. The van der Waals surface area contributed by atoms with E-state index in [0.29, 0.717) is 23.8 Å². The predicted molar refractivity (Wildman–Crippen MR) is 133 cm³/mol. The molecule has 1 N–H and O–H groups in total. The van der Waals surface area contributed by atoms with E-state index >= 15 is 0 Å². The van der Waals surface area contributed by atoms with Crippen LogP contribution in [0.5, 0.6) is 11.5 Å². The Hall–Kier alpha value is -3.52. The van der Waals surface area contributed by atoms with Crippen molar-refractivity contribution in [1.82, 2.24) is 5.32 Å². The molecule has 0 spiro atoms. The maximum atomic E-state index is 13.5. The number of hydrogen-bond donors (Lipinski definition) is 1. The number of benzene rings is 3. The minimum absolute atomic E-state index is 0.0343. The lowest BCUT2D eigenvalue weighted by Crippen LogP contribution is -2.40. The largest absolute Gasteiger partial charge is 0.492 e. The first-order valence-electron chi connectivity index (χ1n) is 11.1. The molecule has 0 fully saturated rings. The Morgan fingerprint density at radius 2 is 1.68 bits per heavy atom. The SMILES string of the molecule is CCOc1ccccc1N(CC(=O)NCc1cccc(OC(C)C)c1)S(=O)(=O)c1ccccc1. The number of hydrogen-bond acceptors (Lipinski definition) is 5. The summed E-state index contributed by atoms with van der Waals surface area (Å²) in [5.74, 6) is 0.650. The van der Waals surface area contributed by atoms with Crippen LogP contribution >= 0.6 is 0 Å². The van der Waals surface area contributed by atoms with E-state index in [9.17, 15) is 13.2 Å². The second-order valence-corrected chi connectivity index (χ2v) is 9.68. The van der Waals surface area contributed by atoms with Gasteiger partial charge in [-0.15, -0.1) is 0 Å². The number of nitrogens with one attached hydrogen (secondary N) is 1. The summed E-state index contributed by atoms with van der Waals surface area (Å²) >= 11 is 0. The lowest BCUT2D eigenvalue weighted by molar-refractivity contribution is -0.119. The maximum Gasteiger partial charge on any atom is 0.264 e. The van der Waals surface area contributed by atoms with E-state index in [4.69, 9.17) is 9.47 Å². The number of amides is 1. The number of rotatable bonds is 11. The van der Waals surface area contributed by atoms with Crippen LogP contribution in [0.25, 0.3) is 0 Å². The average Bonchev–Trinajstić information content (AvgIpc) is 2.82. The Morgan fingerprint density at radius 1 is 0.971 bits per heavy atom. The normalized spacial score (nSPS) is 11.2. The lowest BCUT2D eigenvalue weighted by atomic mass is 10.2. The van der Waals surface area contributed by atoms with Gasteiger partial charge in [0.1, 0.15) is 18.0 Å². The summed E-state index contributed by atoms with van der Waals surface area (Å²) in [7, 11) is -4.02. The molecule has 3 rings (SSSR count). The zero-order chi connectivity index (χ0) is 24.6. The van der Waals surface area contributed by atoms with E-state index in [0.717, 1.165) is 9.87 Å². The molecule has 0 saturated heterocycles. The molecule has 0 aliphatic heterocycles. The fraction of sp³-hybridized carbons (Fsp3) is 0.269. The molecule has 0 saturated carbocycles. The molecule has 0 atom stereocenters. The maximum absolute atomic E-state index is 13.5. The second-order valence-electron chi connectivity index (χ2n) is 7.82. The van der Waals surface area contributed by atoms with Gasteiger partial charge in [0.2, 0.25) is 5.91 Å². The summed E-state index contributed by atoms with van der Waals surface area (Å²) in [5.41, 5.74) is 1.15. The van der Waals surface area contributed by atoms with Crippen LogP contribution < -0.4 is 19.1 Å². The highest BCUT2D eigenvalue weighted by Crippen LogP contribution is 2.32. The number of carbonyl (C=O) groups excluding carboxylic acids is 1. The molecular formula is C26H30N2O5S. The summed E-state index contributed by atoms with van der Waals surface area (Å²) in [6.45, 7) is 5.89. The van der Waals surface area contributed by atoms with Crippen molar-refractivity contribution in [3.05, 3.63) is 84.4 Å². The highest BCUT2D eigenvalue weighted by Gasteiger charge is 2.29. The molecule has 0 bridgehead atoms. The van der Waals surface area contributed by atoms with Crippen LogP contribution in [0, 0.1) is 0 Å². The third kappa shape index (κ3) is 6.51. The highest BCUT2D eigenvalue weighted by atomic mass is 32.2. The van der Waals surface area contributed by atoms with Crippen LogP contribution in [-0.4, -0.2) is 33.6 Å². The van der Waals surface area contributed by atoms with Crippen LogP contribution in [0.1, 0.15) is 26.3 Å². The van der Waals surface area contributed by atoms with Crippen molar-refractivity contribution in [3.63, 3.8) is 0 Å². The molecule has 3 aromatic rings. The van der Waals surface area contributed by atoms with Gasteiger partial charge in [-0.05, 0) is 62.7 Å². The monoisotopic (exact) mass is 482 g/mol. The van der Waals surface area contributed by atoms with Gasteiger partial charge in [0.25, 0.3) is 10.0 Å². The summed E-state index contributed by atoms with van der Waals surface area (Å²) in [6, 6.07) is 22.2. The second kappa shape index (κ2) is 11.6. The average molecular weight is 483 g/mol. The molecule has 0 radical (unpaired) electrons. The van der Waals surface area contributed by atoms with Gasteiger partial charge in [-0.1, -0.05) is 42.5 Å². The van der Waals surface area contributed by atoms with E-state index < -0.39 is 22.5 Å². The van der Waals surface area contributed by atoms with Gasteiger partial charge in [-0.2, -0.15) is 0 Å². The van der Waals surface area contributed by atoms with E-state index in [1.807, 2.05) is 45.0 Å². The zero-order valence-corrected chi connectivity index (χ0v) is 20.4. The summed E-state index contributed by atoms with van der Waals surface area (Å²) in [4.78, 5) is 13.0.